The number of carboxylic acids is 4. The van der Waals surface area contributed by atoms with Crippen molar-refractivity contribution < 1.29 is 131 Å². The monoisotopic (exact) mass is 1950 g/mol. The van der Waals surface area contributed by atoms with E-state index in [9.17, 15) is 107 Å². The molecule has 3 saturated heterocycles. The maximum atomic E-state index is 16.0. The number of thioether (sulfide) groups is 2. The fourth-order valence-corrected chi connectivity index (χ4v) is 16.2. The molecule has 3 heterocycles. The number of rotatable bonds is 21. The van der Waals surface area contributed by atoms with Crippen LogP contribution in [0.15, 0.2) is 97.1 Å². The van der Waals surface area contributed by atoms with E-state index in [4.69, 9.17) is 17.2 Å². The number of phenolic OH excluding ortho intramolecular Hbond substituents is 1. The number of hydrogen-bond acceptors (Lipinski definition) is 28. The molecule has 137 heavy (non-hydrogen) atoms. The highest BCUT2D eigenvalue weighted by atomic mass is 32.2. The van der Waals surface area contributed by atoms with Crippen LogP contribution in [-0.2, 0) is 125 Å². The molecule has 0 radical (unpaired) electrons. The standard InChI is InChI=1S/C87H117N21O27S2/c1-44(88)73(122)102-62-41-137-33-29-66(112)106-31-30-105-42-107(43-106)104-108(86(135)47(4)93-74(123)45(2)91-77(126)57(36-51-18-13-17-50-16-11-12-19-53(50)51)98-76(125)54(24-26-67(113)114)94-80(129)58(37-64(89)110)95-75(124)46(3)92-83(62)132)63(25-27-68(115)116)84(133)100-59(38-69(117)118)81(130)97-55(34-48-14-9-8-10-15-48)78(127)96-56(35-49-20-22-52(109)23-21-49)79(128)99-60(39-70(119)120)82(131)103-71(87(5,6)7)85(134)101-61(72(90)121)40-136-32-28-65(105)111/h8-23,44-47,54-63,71,104,109H,24-43,88H2,1-7H3,(H2,89,110)(H2,90,121)(H,91,126)(H,92,132)(H,93,123)(H,94,129)(H,95,124)(H,96,127)(H,97,130)(H,98,125)(H,99,128)(H,100,133)(H,101,134)(H,102,122)(H,103,131)(H,113,114)(H,115,116)(H,117,118)(H,119,120)/t44-,45+,46+,47-,54-,55-,56-,57-,58-,59-,60?,61-,62-,63-,71+/m0/s1. The number of nitrogens with two attached hydrogens (primary N) is 3. The van der Waals surface area contributed by atoms with Gasteiger partial charge in [0.05, 0.1) is 38.6 Å². The topological polar surface area (TPSA) is 736 Å². The zero-order valence-corrected chi connectivity index (χ0v) is 77.7. The zero-order chi connectivity index (χ0) is 101. The van der Waals surface area contributed by atoms with Gasteiger partial charge in [-0.25, -0.2) is 5.01 Å². The molecular formula is C87H117N21O27S2. The van der Waals surface area contributed by atoms with Crippen LogP contribution in [0.3, 0.4) is 0 Å². The SMILES string of the molecule is C[C@H](N)C(=O)N[C@H]1CSCCC(=O)N2CCN3C[N@](C2)NN(C(=O)[C@H](C)NC(=O)[C@@H](C)NC(=O)[C@H](Cc2cccc4ccccc24)NC(=O)[C@H](CCC(=O)O)NC(=O)[C@H](CC(N)=O)NC(=O)[C@@H](C)NC1=O)[C@@H](CCC(=O)O)C(=O)N[C@@H](CC(=O)O)C(=O)N[C@@H](Cc1ccccc1)C(=O)N[C@@H](Cc1ccc(O)cc1)C(=O)NC(CC(=O)O)C(=O)N[C@@H](C(C)(C)C)C(=O)N[C@H](C(N)=O)CSCCC3=O. The summed E-state index contributed by atoms with van der Waals surface area (Å²) in [6.07, 6.45) is -9.69. The van der Waals surface area contributed by atoms with Gasteiger partial charge in [-0.3, -0.25) is 105 Å². The van der Waals surface area contributed by atoms with E-state index in [1.165, 1.54) is 76.2 Å². The summed E-state index contributed by atoms with van der Waals surface area (Å²) >= 11 is 1.77. The van der Waals surface area contributed by atoms with E-state index in [1.807, 2.05) is 0 Å². The number of phenols is 1. The number of carboxylic acid groups (broad SMARTS) is 4. The molecule has 48 nitrogen and oxygen atoms in total. The zero-order valence-electron chi connectivity index (χ0n) is 76.1. The minimum absolute atomic E-state index is 0.201. The Morgan fingerprint density at radius 2 is 0.898 bits per heavy atom. The predicted octanol–water partition coefficient (Wildman–Crippen LogP) is -5.85. The average Bonchev–Trinajstić information content (AvgIpc) is 1.74. The highest BCUT2D eigenvalue weighted by molar-refractivity contribution is 7.99. The van der Waals surface area contributed by atoms with E-state index in [0.717, 1.165) is 59.1 Å². The van der Waals surface area contributed by atoms with E-state index in [2.05, 4.69) is 74.7 Å². The summed E-state index contributed by atoms with van der Waals surface area (Å²) in [6.45, 7) is 6.75. The molecule has 50 heteroatoms. The molecule has 3 aliphatic rings. The van der Waals surface area contributed by atoms with Crippen molar-refractivity contribution in [1.29, 1.82) is 0 Å². The van der Waals surface area contributed by atoms with Crippen LogP contribution < -0.4 is 91.9 Å². The highest BCUT2D eigenvalue weighted by Crippen LogP contribution is 2.25. The second-order valence-electron chi connectivity index (χ2n) is 34.0. The fraction of sp³-hybridized carbons (Fsp3) is 0.494. The van der Waals surface area contributed by atoms with Crippen molar-refractivity contribution in [3.8, 4) is 5.75 Å². The van der Waals surface area contributed by atoms with Crippen molar-refractivity contribution in [2.24, 2.45) is 22.6 Å². The van der Waals surface area contributed by atoms with E-state index in [-0.39, 0.29) is 53.0 Å². The first-order valence-corrected chi connectivity index (χ1v) is 45.9. The average molecular weight is 1950 g/mol. The third-order valence-electron chi connectivity index (χ3n) is 21.8. The van der Waals surface area contributed by atoms with Crippen molar-refractivity contribution >= 4 is 165 Å². The van der Waals surface area contributed by atoms with Crippen LogP contribution in [0.25, 0.3) is 10.8 Å². The van der Waals surface area contributed by atoms with E-state index in [0.29, 0.717) is 21.3 Å². The molecule has 0 aliphatic carbocycles. The Bertz CT molecular complexity index is 5120. The number of hydrogen-bond donors (Lipinski definition) is 22. The molecule has 16 atom stereocenters. The smallest absolute Gasteiger partial charge is 0.305 e. The number of carbonyl (C=O) groups is 22. The van der Waals surface area contributed by atoms with Gasteiger partial charge in [-0.2, -0.15) is 34.1 Å². The third-order valence-corrected chi connectivity index (χ3v) is 23.9. The van der Waals surface area contributed by atoms with Crippen LogP contribution in [0.2, 0.25) is 0 Å². The van der Waals surface area contributed by atoms with Gasteiger partial charge in [-0.1, -0.05) is 106 Å². The Balaban J connectivity index is 1.42. The molecule has 4 aromatic carbocycles. The first kappa shape index (κ1) is 110. The van der Waals surface area contributed by atoms with Gasteiger partial charge < -0.3 is 122 Å². The molecule has 1 unspecified atom stereocenters. The molecule has 7 rings (SSSR count). The summed E-state index contributed by atoms with van der Waals surface area (Å²) in [5, 5.41) is 85.3. The quantitative estimate of drug-likeness (QED) is 0.0369. The normalized spacial score (nSPS) is 25.2. The van der Waals surface area contributed by atoms with Crippen LogP contribution in [0.4, 0.5) is 0 Å². The van der Waals surface area contributed by atoms with Gasteiger partial charge in [0, 0.05) is 81.0 Å². The molecule has 0 aromatic heterocycles. The number of aromatic hydroxyl groups is 1. The Labute approximate surface area is 793 Å². The van der Waals surface area contributed by atoms with Gasteiger partial charge in [0.1, 0.15) is 90.3 Å². The number of benzene rings is 4. The lowest BCUT2D eigenvalue weighted by Crippen LogP contribution is -2.67. The number of nitrogens with zero attached hydrogens (tertiary/aromatic N) is 4. The molecule has 0 spiro atoms. The van der Waals surface area contributed by atoms with Gasteiger partial charge in [0.25, 0.3) is 5.91 Å². The summed E-state index contributed by atoms with van der Waals surface area (Å²) in [4.78, 5) is 316. The van der Waals surface area contributed by atoms with Crippen LogP contribution in [0, 0.1) is 5.41 Å². The van der Waals surface area contributed by atoms with Gasteiger partial charge in [-0.05, 0) is 85.5 Å². The number of hydrazine groups is 2. The molecule has 4 bridgehead atoms. The lowest BCUT2D eigenvalue weighted by Gasteiger charge is -2.39. The first-order valence-electron chi connectivity index (χ1n) is 43.6. The minimum atomic E-state index is -2.38. The lowest BCUT2D eigenvalue weighted by atomic mass is 9.85. The lowest BCUT2D eigenvalue weighted by molar-refractivity contribution is -0.159. The maximum absolute atomic E-state index is 16.0. The van der Waals surface area contributed by atoms with Crippen molar-refractivity contribution in [3.63, 3.8) is 0 Å². The number of nitrogens with one attached hydrogen (secondary N) is 14. The van der Waals surface area contributed by atoms with E-state index >= 15 is 24.0 Å². The summed E-state index contributed by atoms with van der Waals surface area (Å²) in [6, 6.07) is -3.61. The van der Waals surface area contributed by atoms with Crippen molar-refractivity contribution in [3.05, 3.63) is 114 Å². The Morgan fingerprint density at radius 1 is 0.460 bits per heavy atom. The molecular weight excluding hydrogens is 1840 g/mol. The molecule has 3 aliphatic heterocycles. The van der Waals surface area contributed by atoms with Gasteiger partial charge in [0.15, 0.2) is 0 Å². The number of carbonyl (C=O) groups excluding carboxylic acids is 18. The molecule has 25 N–H and O–H groups in total. The van der Waals surface area contributed by atoms with Crippen LogP contribution >= 0.6 is 23.5 Å². The minimum Gasteiger partial charge on any atom is -0.508 e. The van der Waals surface area contributed by atoms with E-state index in [1.54, 1.807) is 48.5 Å². The number of amides is 18. The Kier molecular flexibility index (Phi) is 41.8. The summed E-state index contributed by atoms with van der Waals surface area (Å²) in [5.74, 6) is -29.5. The highest BCUT2D eigenvalue weighted by Gasteiger charge is 2.44. The van der Waals surface area contributed by atoms with Crippen LogP contribution in [0.5, 0.6) is 5.75 Å². The van der Waals surface area contributed by atoms with Crippen molar-refractivity contribution in [2.75, 3.05) is 49.4 Å². The molecule has 744 valence electrons. The Hall–Kier alpha value is -14.1. The van der Waals surface area contributed by atoms with Crippen LogP contribution in [-0.4, -0.2) is 316 Å². The van der Waals surface area contributed by atoms with Gasteiger partial charge in [0.2, 0.25) is 100 Å². The summed E-state index contributed by atoms with van der Waals surface area (Å²) in [7, 11) is 0. The van der Waals surface area contributed by atoms with Crippen molar-refractivity contribution in [2.45, 2.75) is 216 Å². The Morgan fingerprint density at radius 3 is 1.43 bits per heavy atom. The van der Waals surface area contributed by atoms with Crippen molar-refractivity contribution in [1.82, 2.24) is 94.5 Å². The number of aliphatic carboxylic acids is 4. The molecule has 0 saturated carbocycles. The summed E-state index contributed by atoms with van der Waals surface area (Å²) < 4.78 is 0. The van der Waals surface area contributed by atoms with Gasteiger partial charge in [-0.15, -0.1) is 0 Å². The molecule has 18 amide bonds. The number of fused-ring (bicyclic) bond motifs is 4. The maximum Gasteiger partial charge on any atom is 0.305 e. The number of primary amides is 2. The first-order chi connectivity index (χ1) is 64.5. The van der Waals surface area contributed by atoms with Gasteiger partial charge >= 0.3 is 23.9 Å². The van der Waals surface area contributed by atoms with Crippen LogP contribution in [0.1, 0.15) is 123 Å². The molecule has 4 aromatic rings. The van der Waals surface area contributed by atoms with E-state index < -0.39 is 317 Å². The fourth-order valence-electron chi connectivity index (χ4n) is 14.3. The third kappa shape index (κ3) is 34.9. The second kappa shape index (κ2) is 52.1. The summed E-state index contributed by atoms with van der Waals surface area (Å²) in [5.41, 5.74) is 19.6. The second-order valence-corrected chi connectivity index (χ2v) is 36.3. The largest absolute Gasteiger partial charge is 0.508 e. The predicted molar refractivity (Wildman–Crippen MR) is 489 cm³/mol. The molecule has 3 fully saturated rings.